The molecule has 33 heavy (non-hydrogen) atoms. The van der Waals surface area contributed by atoms with Crippen molar-refractivity contribution in [3.8, 4) is 5.69 Å². The van der Waals surface area contributed by atoms with Crippen molar-refractivity contribution >= 4 is 50.5 Å². The fourth-order valence-corrected chi connectivity index (χ4v) is 5.58. The van der Waals surface area contributed by atoms with Gasteiger partial charge in [-0.05, 0) is 102 Å². The number of nitrogens with zero attached hydrogens (tertiary/aromatic N) is 3. The SMILES string of the molecule is Cc1cc([C@H]2[C@@H](c3ccccn3)NC(=S)N2c2ccc(Cl)cc2)c(C)n1-c1ccccc1Br. The highest BCUT2D eigenvalue weighted by atomic mass is 79.9. The Morgan fingerprint density at radius 1 is 1.00 bits per heavy atom. The second-order valence-electron chi connectivity index (χ2n) is 8.09. The molecule has 0 saturated carbocycles. The zero-order chi connectivity index (χ0) is 23.1. The Morgan fingerprint density at radius 2 is 1.73 bits per heavy atom. The van der Waals surface area contributed by atoms with Crippen LogP contribution in [0.15, 0.2) is 83.5 Å². The molecule has 0 unspecified atom stereocenters. The predicted octanol–water partition coefficient (Wildman–Crippen LogP) is 7.08. The normalized spacial score (nSPS) is 17.9. The maximum Gasteiger partial charge on any atom is 0.174 e. The number of para-hydroxylation sites is 1. The molecule has 1 aliphatic rings. The average Bonchev–Trinajstić information content (AvgIpc) is 3.31. The number of aromatic nitrogens is 2. The van der Waals surface area contributed by atoms with E-state index >= 15 is 0 Å². The van der Waals surface area contributed by atoms with Crippen LogP contribution in [-0.2, 0) is 0 Å². The average molecular weight is 538 g/mol. The van der Waals surface area contributed by atoms with Crippen LogP contribution in [0.3, 0.4) is 0 Å². The Kier molecular flexibility index (Phi) is 5.99. The van der Waals surface area contributed by atoms with Gasteiger partial charge in [-0.1, -0.05) is 29.8 Å². The third kappa shape index (κ3) is 3.97. The van der Waals surface area contributed by atoms with Gasteiger partial charge in [0.05, 0.1) is 23.5 Å². The van der Waals surface area contributed by atoms with Crippen molar-refractivity contribution in [1.82, 2.24) is 14.9 Å². The number of thiocarbonyl (C=S) groups is 1. The van der Waals surface area contributed by atoms with E-state index in [1.54, 1.807) is 0 Å². The van der Waals surface area contributed by atoms with Crippen molar-refractivity contribution < 1.29 is 0 Å². The van der Waals surface area contributed by atoms with Crippen molar-refractivity contribution in [3.05, 3.63) is 111 Å². The second-order valence-corrected chi connectivity index (χ2v) is 9.76. The van der Waals surface area contributed by atoms with E-state index in [4.69, 9.17) is 23.8 Å². The molecule has 1 aliphatic heterocycles. The van der Waals surface area contributed by atoms with Gasteiger partial charge in [0.1, 0.15) is 0 Å². The Balaban J connectivity index is 1.69. The maximum absolute atomic E-state index is 6.18. The molecule has 1 N–H and O–H groups in total. The van der Waals surface area contributed by atoms with Gasteiger partial charge >= 0.3 is 0 Å². The van der Waals surface area contributed by atoms with Crippen molar-refractivity contribution in [1.29, 1.82) is 0 Å². The molecule has 0 amide bonds. The minimum Gasteiger partial charge on any atom is -0.351 e. The summed E-state index contributed by atoms with van der Waals surface area (Å²) in [6, 6.07) is 24.2. The lowest BCUT2D eigenvalue weighted by atomic mass is 9.96. The molecule has 1 saturated heterocycles. The number of anilines is 1. The topological polar surface area (TPSA) is 33.1 Å². The van der Waals surface area contributed by atoms with Gasteiger partial charge < -0.3 is 14.8 Å². The molecule has 2 aromatic carbocycles. The van der Waals surface area contributed by atoms with Gasteiger partial charge in [0.15, 0.2) is 5.11 Å². The number of rotatable bonds is 4. The molecule has 3 heterocycles. The third-order valence-electron chi connectivity index (χ3n) is 6.09. The molecule has 4 nitrogen and oxygen atoms in total. The lowest BCUT2D eigenvalue weighted by Gasteiger charge is -2.28. The van der Waals surface area contributed by atoms with Gasteiger partial charge in [-0.15, -0.1) is 0 Å². The van der Waals surface area contributed by atoms with Gasteiger partial charge in [-0.25, -0.2) is 0 Å². The summed E-state index contributed by atoms with van der Waals surface area (Å²) in [6.45, 7) is 4.30. The molecular weight excluding hydrogens is 516 g/mol. The zero-order valence-electron chi connectivity index (χ0n) is 18.2. The van der Waals surface area contributed by atoms with Crippen LogP contribution in [0.2, 0.25) is 5.02 Å². The Bertz CT molecular complexity index is 1320. The van der Waals surface area contributed by atoms with Crippen LogP contribution in [0.25, 0.3) is 5.69 Å². The molecule has 4 aromatic rings. The van der Waals surface area contributed by atoms with Crippen LogP contribution in [0.5, 0.6) is 0 Å². The fourth-order valence-electron chi connectivity index (χ4n) is 4.64. The van der Waals surface area contributed by atoms with E-state index in [1.165, 1.54) is 5.56 Å². The smallest absolute Gasteiger partial charge is 0.174 e. The first kappa shape index (κ1) is 22.1. The first-order chi connectivity index (χ1) is 16.0. The Hall–Kier alpha value is -2.67. The zero-order valence-corrected chi connectivity index (χ0v) is 21.3. The van der Waals surface area contributed by atoms with Gasteiger partial charge in [-0.2, -0.15) is 0 Å². The number of hydrogen-bond donors (Lipinski definition) is 1. The highest BCUT2D eigenvalue weighted by Crippen LogP contribution is 2.44. The number of hydrogen-bond acceptors (Lipinski definition) is 2. The summed E-state index contributed by atoms with van der Waals surface area (Å²) in [6.07, 6.45) is 1.83. The van der Waals surface area contributed by atoms with Gasteiger partial charge in [0.2, 0.25) is 0 Å². The third-order valence-corrected chi connectivity index (χ3v) is 7.32. The van der Waals surface area contributed by atoms with E-state index in [9.17, 15) is 0 Å². The standard InChI is InChI=1S/C26H22BrClN4S/c1-16-15-20(17(2)31(16)23-9-4-3-7-21(23)27)25-24(22-8-5-6-14-29-22)30-26(33)32(25)19-12-10-18(28)11-13-19/h3-15,24-25H,1-2H3,(H,30,33)/t24-,25+/m1/s1. The molecule has 166 valence electrons. The number of nitrogens with one attached hydrogen (secondary N) is 1. The summed E-state index contributed by atoms with van der Waals surface area (Å²) < 4.78 is 3.34. The van der Waals surface area contributed by atoms with Crippen LogP contribution in [-0.4, -0.2) is 14.7 Å². The van der Waals surface area contributed by atoms with E-state index in [1.807, 2.05) is 54.7 Å². The van der Waals surface area contributed by atoms with Crippen LogP contribution < -0.4 is 10.2 Å². The summed E-state index contributed by atoms with van der Waals surface area (Å²) in [7, 11) is 0. The second kappa shape index (κ2) is 8.93. The molecule has 0 spiro atoms. The van der Waals surface area contributed by atoms with E-state index in [2.05, 4.69) is 73.8 Å². The lowest BCUT2D eigenvalue weighted by Crippen LogP contribution is -2.29. The molecule has 1 fully saturated rings. The number of pyridine rings is 1. The number of benzene rings is 2. The molecule has 7 heteroatoms. The minimum absolute atomic E-state index is 0.0731. The first-order valence-electron chi connectivity index (χ1n) is 10.7. The summed E-state index contributed by atoms with van der Waals surface area (Å²) in [5, 5.41) is 4.90. The summed E-state index contributed by atoms with van der Waals surface area (Å²) in [5.41, 5.74) is 6.57. The van der Waals surface area contributed by atoms with Crippen LogP contribution in [0.4, 0.5) is 5.69 Å². The highest BCUT2D eigenvalue weighted by Gasteiger charge is 2.42. The monoisotopic (exact) mass is 536 g/mol. The highest BCUT2D eigenvalue weighted by molar-refractivity contribution is 9.10. The number of aryl methyl sites for hydroxylation is 1. The molecule has 0 radical (unpaired) electrons. The quantitative estimate of drug-likeness (QED) is 0.282. The van der Waals surface area contributed by atoms with Crippen molar-refractivity contribution in [2.24, 2.45) is 0 Å². The Morgan fingerprint density at radius 3 is 2.42 bits per heavy atom. The molecular formula is C26H22BrClN4S. The van der Waals surface area contributed by atoms with Gasteiger partial charge in [0.25, 0.3) is 0 Å². The molecule has 0 bridgehead atoms. The van der Waals surface area contributed by atoms with E-state index in [0.29, 0.717) is 10.1 Å². The largest absolute Gasteiger partial charge is 0.351 e. The van der Waals surface area contributed by atoms with E-state index in [0.717, 1.165) is 32.9 Å². The lowest BCUT2D eigenvalue weighted by molar-refractivity contribution is 0.565. The summed E-state index contributed by atoms with van der Waals surface area (Å²) in [4.78, 5) is 6.84. The van der Waals surface area contributed by atoms with Crippen molar-refractivity contribution in [2.45, 2.75) is 25.9 Å². The molecule has 0 aliphatic carbocycles. The van der Waals surface area contributed by atoms with Crippen molar-refractivity contribution in [3.63, 3.8) is 0 Å². The fraction of sp³-hybridized carbons (Fsp3) is 0.154. The number of halogens is 2. The van der Waals surface area contributed by atoms with Gasteiger partial charge in [0, 0.05) is 32.8 Å². The van der Waals surface area contributed by atoms with Crippen LogP contribution in [0.1, 0.15) is 34.7 Å². The minimum atomic E-state index is -0.0949. The summed E-state index contributed by atoms with van der Waals surface area (Å²) >= 11 is 15.7. The first-order valence-corrected chi connectivity index (χ1v) is 12.2. The van der Waals surface area contributed by atoms with Crippen molar-refractivity contribution in [2.75, 3.05) is 4.90 Å². The molecule has 5 rings (SSSR count). The molecule has 2 atom stereocenters. The van der Waals surface area contributed by atoms with Crippen LogP contribution in [0, 0.1) is 13.8 Å². The molecule has 2 aromatic heterocycles. The van der Waals surface area contributed by atoms with Crippen LogP contribution >= 0.6 is 39.7 Å². The summed E-state index contributed by atoms with van der Waals surface area (Å²) in [5.74, 6) is 0. The Labute approximate surface area is 212 Å². The van der Waals surface area contributed by atoms with E-state index < -0.39 is 0 Å². The predicted molar refractivity (Wildman–Crippen MR) is 142 cm³/mol. The van der Waals surface area contributed by atoms with Gasteiger partial charge in [-0.3, -0.25) is 4.98 Å². The maximum atomic E-state index is 6.18. The van der Waals surface area contributed by atoms with E-state index in [-0.39, 0.29) is 12.1 Å².